The summed E-state index contributed by atoms with van der Waals surface area (Å²) in [6, 6.07) is 3.69. The van der Waals surface area contributed by atoms with E-state index in [1.165, 1.54) is 12.6 Å². The lowest BCUT2D eigenvalue weighted by molar-refractivity contribution is -0.125. The summed E-state index contributed by atoms with van der Waals surface area (Å²) in [5, 5.41) is 3.91. The van der Waals surface area contributed by atoms with Crippen molar-refractivity contribution in [3.05, 3.63) is 23.7 Å². The first-order chi connectivity index (χ1) is 8.25. The first-order valence-corrected chi connectivity index (χ1v) is 6.15. The second kappa shape index (κ2) is 5.66. The van der Waals surface area contributed by atoms with Crippen LogP contribution in [-0.4, -0.2) is 12.1 Å². The molecule has 1 fully saturated rings. The SMILES string of the molecule is Cc1ccc(/C=N/NC(=O)C2CCCCC2)o1. The van der Waals surface area contributed by atoms with Gasteiger partial charge in [0.05, 0.1) is 6.21 Å². The Morgan fingerprint density at radius 3 is 2.82 bits per heavy atom. The zero-order valence-electron chi connectivity index (χ0n) is 10.1. The average molecular weight is 234 g/mol. The van der Waals surface area contributed by atoms with Gasteiger partial charge in [0, 0.05) is 5.92 Å². The first kappa shape index (κ1) is 11.9. The van der Waals surface area contributed by atoms with Crippen LogP contribution < -0.4 is 5.43 Å². The monoisotopic (exact) mass is 234 g/mol. The van der Waals surface area contributed by atoms with E-state index in [1.54, 1.807) is 0 Å². The highest BCUT2D eigenvalue weighted by Crippen LogP contribution is 2.23. The number of hydrogen-bond donors (Lipinski definition) is 1. The Morgan fingerprint density at radius 1 is 1.41 bits per heavy atom. The number of hydrazone groups is 1. The number of carbonyl (C=O) groups excluding carboxylic acids is 1. The molecular formula is C13H18N2O2. The van der Waals surface area contributed by atoms with Crippen LogP contribution in [0, 0.1) is 12.8 Å². The molecule has 2 rings (SSSR count). The second-order valence-corrected chi connectivity index (χ2v) is 4.52. The van der Waals surface area contributed by atoms with Crippen molar-refractivity contribution in [3.8, 4) is 0 Å². The molecule has 4 nitrogen and oxygen atoms in total. The van der Waals surface area contributed by atoms with Crippen molar-refractivity contribution < 1.29 is 9.21 Å². The summed E-state index contributed by atoms with van der Waals surface area (Å²) in [4.78, 5) is 11.7. The van der Waals surface area contributed by atoms with Crippen LogP contribution in [0.2, 0.25) is 0 Å². The molecule has 17 heavy (non-hydrogen) atoms. The Balaban J connectivity index is 1.81. The summed E-state index contributed by atoms with van der Waals surface area (Å²) < 4.78 is 5.31. The Labute approximate surface area is 101 Å². The Kier molecular flexibility index (Phi) is 3.96. The van der Waals surface area contributed by atoms with E-state index in [-0.39, 0.29) is 11.8 Å². The molecule has 1 N–H and O–H groups in total. The lowest BCUT2D eigenvalue weighted by atomic mass is 9.89. The molecule has 0 spiro atoms. The molecule has 1 saturated carbocycles. The number of nitrogens with zero attached hydrogens (tertiary/aromatic N) is 1. The van der Waals surface area contributed by atoms with E-state index in [9.17, 15) is 4.79 Å². The number of carbonyl (C=O) groups is 1. The molecule has 0 bridgehead atoms. The van der Waals surface area contributed by atoms with E-state index in [1.807, 2.05) is 19.1 Å². The summed E-state index contributed by atoms with van der Waals surface area (Å²) in [6.45, 7) is 1.87. The third-order valence-corrected chi connectivity index (χ3v) is 3.10. The first-order valence-electron chi connectivity index (χ1n) is 6.15. The number of nitrogens with one attached hydrogen (secondary N) is 1. The summed E-state index contributed by atoms with van der Waals surface area (Å²) in [6.07, 6.45) is 7.06. The molecule has 1 aliphatic rings. The van der Waals surface area contributed by atoms with E-state index in [2.05, 4.69) is 10.5 Å². The van der Waals surface area contributed by atoms with E-state index in [0.717, 1.165) is 31.4 Å². The molecule has 0 radical (unpaired) electrons. The highest BCUT2D eigenvalue weighted by Gasteiger charge is 2.20. The Morgan fingerprint density at radius 2 is 2.18 bits per heavy atom. The van der Waals surface area contributed by atoms with Crippen molar-refractivity contribution in [3.63, 3.8) is 0 Å². The highest BCUT2D eigenvalue weighted by atomic mass is 16.3. The molecule has 1 aliphatic carbocycles. The van der Waals surface area contributed by atoms with Gasteiger partial charge in [-0.2, -0.15) is 5.10 Å². The fourth-order valence-electron chi connectivity index (χ4n) is 2.14. The van der Waals surface area contributed by atoms with E-state index < -0.39 is 0 Å². The van der Waals surface area contributed by atoms with Gasteiger partial charge in [0.1, 0.15) is 11.5 Å². The minimum atomic E-state index is 0.0317. The molecule has 1 amide bonds. The van der Waals surface area contributed by atoms with Crippen molar-refractivity contribution in [1.29, 1.82) is 0 Å². The topological polar surface area (TPSA) is 54.6 Å². The maximum atomic E-state index is 11.7. The highest BCUT2D eigenvalue weighted by molar-refractivity contribution is 5.81. The number of furan rings is 1. The third kappa shape index (κ3) is 3.44. The van der Waals surface area contributed by atoms with Gasteiger partial charge in [-0.25, -0.2) is 5.43 Å². The van der Waals surface area contributed by atoms with Gasteiger partial charge in [-0.15, -0.1) is 0 Å². The van der Waals surface area contributed by atoms with Crippen molar-refractivity contribution in [2.45, 2.75) is 39.0 Å². The molecule has 0 aliphatic heterocycles. The predicted octanol–water partition coefficient (Wildman–Crippen LogP) is 2.62. The molecular weight excluding hydrogens is 216 g/mol. The second-order valence-electron chi connectivity index (χ2n) is 4.52. The van der Waals surface area contributed by atoms with E-state index in [0.29, 0.717) is 5.76 Å². The third-order valence-electron chi connectivity index (χ3n) is 3.10. The van der Waals surface area contributed by atoms with Crippen LogP contribution in [0.5, 0.6) is 0 Å². The smallest absolute Gasteiger partial charge is 0.243 e. The summed E-state index contributed by atoms with van der Waals surface area (Å²) >= 11 is 0. The Bertz CT molecular complexity index is 403. The van der Waals surface area contributed by atoms with Gasteiger partial charge in [-0.3, -0.25) is 4.79 Å². The zero-order chi connectivity index (χ0) is 12.1. The lowest BCUT2D eigenvalue weighted by Gasteiger charge is -2.19. The van der Waals surface area contributed by atoms with Crippen LogP contribution in [0.25, 0.3) is 0 Å². The van der Waals surface area contributed by atoms with Crippen molar-refractivity contribution >= 4 is 12.1 Å². The summed E-state index contributed by atoms with van der Waals surface area (Å²) in [5.74, 6) is 1.67. The predicted molar refractivity (Wildman–Crippen MR) is 65.8 cm³/mol. The number of amides is 1. The van der Waals surface area contributed by atoms with Crippen LogP contribution in [0.1, 0.15) is 43.6 Å². The minimum absolute atomic E-state index is 0.0317. The van der Waals surface area contributed by atoms with Crippen LogP contribution in [-0.2, 0) is 4.79 Å². The molecule has 0 unspecified atom stereocenters. The van der Waals surface area contributed by atoms with Gasteiger partial charge in [0.25, 0.3) is 0 Å². The number of rotatable bonds is 3. The van der Waals surface area contributed by atoms with Crippen LogP contribution >= 0.6 is 0 Å². The zero-order valence-corrected chi connectivity index (χ0v) is 10.1. The van der Waals surface area contributed by atoms with Crippen LogP contribution in [0.15, 0.2) is 21.7 Å². The fraction of sp³-hybridized carbons (Fsp3) is 0.538. The van der Waals surface area contributed by atoms with Gasteiger partial charge in [-0.05, 0) is 31.9 Å². The van der Waals surface area contributed by atoms with Crippen molar-refractivity contribution in [2.24, 2.45) is 11.0 Å². The maximum Gasteiger partial charge on any atom is 0.243 e. The van der Waals surface area contributed by atoms with Crippen molar-refractivity contribution in [1.82, 2.24) is 5.43 Å². The van der Waals surface area contributed by atoms with Gasteiger partial charge in [0.15, 0.2) is 0 Å². The standard InChI is InChI=1S/C13H18N2O2/c1-10-7-8-12(17-10)9-14-15-13(16)11-5-3-2-4-6-11/h7-9,11H,2-6H2,1H3,(H,15,16)/b14-9+. The van der Waals surface area contributed by atoms with E-state index in [4.69, 9.17) is 4.42 Å². The van der Waals surface area contributed by atoms with Gasteiger partial charge in [0.2, 0.25) is 5.91 Å². The van der Waals surface area contributed by atoms with Crippen LogP contribution in [0.3, 0.4) is 0 Å². The quantitative estimate of drug-likeness (QED) is 0.645. The summed E-state index contributed by atoms with van der Waals surface area (Å²) in [7, 11) is 0. The van der Waals surface area contributed by atoms with Crippen molar-refractivity contribution in [2.75, 3.05) is 0 Å². The average Bonchev–Trinajstić information content (AvgIpc) is 2.76. The van der Waals surface area contributed by atoms with E-state index >= 15 is 0 Å². The van der Waals surface area contributed by atoms with Crippen LogP contribution in [0.4, 0.5) is 0 Å². The molecule has 0 aromatic carbocycles. The molecule has 0 atom stereocenters. The molecule has 1 heterocycles. The molecule has 4 heteroatoms. The van der Waals surface area contributed by atoms with Gasteiger partial charge >= 0.3 is 0 Å². The van der Waals surface area contributed by atoms with Gasteiger partial charge in [-0.1, -0.05) is 19.3 Å². The lowest BCUT2D eigenvalue weighted by Crippen LogP contribution is -2.28. The molecule has 1 aromatic heterocycles. The number of aryl methyl sites for hydroxylation is 1. The fourth-order valence-corrected chi connectivity index (χ4v) is 2.14. The normalized spacial score (nSPS) is 17.5. The molecule has 1 aromatic rings. The van der Waals surface area contributed by atoms with Gasteiger partial charge < -0.3 is 4.42 Å². The molecule has 92 valence electrons. The minimum Gasteiger partial charge on any atom is -0.460 e. The number of hydrogen-bond acceptors (Lipinski definition) is 3. The Hall–Kier alpha value is -1.58. The maximum absolute atomic E-state index is 11.7. The largest absolute Gasteiger partial charge is 0.460 e. The molecule has 0 saturated heterocycles. The summed E-state index contributed by atoms with van der Waals surface area (Å²) in [5.41, 5.74) is 2.58.